The zero-order chi connectivity index (χ0) is 19.5. The third-order valence-corrected chi connectivity index (χ3v) is 5.05. The molecule has 0 radical (unpaired) electrons. The predicted octanol–water partition coefficient (Wildman–Crippen LogP) is 2.38. The molecule has 1 aliphatic heterocycles. The van der Waals surface area contributed by atoms with Gasteiger partial charge in [0.25, 0.3) is 0 Å². The maximum atomic E-state index is 12.3. The van der Waals surface area contributed by atoms with Crippen molar-refractivity contribution in [3.05, 3.63) is 65.2 Å². The maximum absolute atomic E-state index is 12.3. The van der Waals surface area contributed by atoms with Crippen molar-refractivity contribution < 1.29 is 19.1 Å². The normalized spacial score (nSPS) is 17.8. The van der Waals surface area contributed by atoms with Crippen LogP contribution in [0.1, 0.15) is 29.2 Å². The van der Waals surface area contributed by atoms with Crippen LogP contribution in [0.25, 0.3) is 0 Å². The summed E-state index contributed by atoms with van der Waals surface area (Å²) in [7, 11) is 0. The number of fused-ring (bicyclic) bond motifs is 1. The van der Waals surface area contributed by atoms with E-state index in [1.807, 2.05) is 30.3 Å². The Morgan fingerprint density at radius 3 is 2.79 bits per heavy atom. The third-order valence-electron chi connectivity index (χ3n) is 5.05. The van der Waals surface area contributed by atoms with Crippen molar-refractivity contribution in [1.29, 1.82) is 0 Å². The van der Waals surface area contributed by atoms with Gasteiger partial charge in [0.2, 0.25) is 0 Å². The van der Waals surface area contributed by atoms with Crippen molar-refractivity contribution in [2.24, 2.45) is 0 Å². The van der Waals surface area contributed by atoms with Gasteiger partial charge in [-0.05, 0) is 41.7 Å². The van der Waals surface area contributed by atoms with Crippen molar-refractivity contribution in [1.82, 2.24) is 10.2 Å². The van der Waals surface area contributed by atoms with Crippen LogP contribution in [0.5, 0.6) is 0 Å². The summed E-state index contributed by atoms with van der Waals surface area (Å²) in [6.45, 7) is 1.33. The highest BCUT2D eigenvalue weighted by atomic mass is 16.6. The van der Waals surface area contributed by atoms with Crippen molar-refractivity contribution in [2.75, 3.05) is 18.5 Å². The first-order chi connectivity index (χ1) is 13.6. The average Bonchev–Trinajstić information content (AvgIpc) is 3.29. The maximum Gasteiger partial charge on any atom is 0.410 e. The fourth-order valence-corrected chi connectivity index (χ4v) is 3.66. The molecule has 0 bridgehead atoms. The van der Waals surface area contributed by atoms with Crippen LogP contribution in [0, 0.1) is 0 Å². The molecule has 1 saturated heterocycles. The van der Waals surface area contributed by atoms with Gasteiger partial charge in [0.05, 0.1) is 12.6 Å². The number of carbonyl (C=O) groups excluding carboxylic acids is 3. The van der Waals surface area contributed by atoms with Gasteiger partial charge in [0.1, 0.15) is 6.61 Å². The minimum absolute atomic E-state index is 0.137. The summed E-state index contributed by atoms with van der Waals surface area (Å²) in [4.78, 5) is 37.8. The van der Waals surface area contributed by atoms with Crippen LogP contribution >= 0.6 is 0 Å². The Balaban J connectivity index is 1.36. The number of ether oxygens (including phenoxy) is 1. The lowest BCUT2D eigenvalue weighted by Crippen LogP contribution is -2.37. The second-order valence-electron chi connectivity index (χ2n) is 6.95. The van der Waals surface area contributed by atoms with Gasteiger partial charge in [-0.1, -0.05) is 36.4 Å². The standard InChI is InChI=1S/C21H21N3O4/c25-19(20(26)23-18-9-8-15-5-1-2-7-17(15)18)22-16-6-3-4-14(12-16)13-24-10-11-28-21(24)27/h1-7,12,18H,8-11,13H2,(H,22,25)(H,23,26)/t18-/m1/s1. The number of carbonyl (C=O) groups is 3. The van der Waals surface area contributed by atoms with Crippen LogP contribution in [0.15, 0.2) is 48.5 Å². The van der Waals surface area contributed by atoms with Crippen LogP contribution < -0.4 is 10.6 Å². The minimum atomic E-state index is -0.706. The van der Waals surface area contributed by atoms with Gasteiger partial charge < -0.3 is 20.3 Å². The first kappa shape index (κ1) is 18.0. The van der Waals surface area contributed by atoms with Gasteiger partial charge >= 0.3 is 17.9 Å². The number of benzene rings is 2. The van der Waals surface area contributed by atoms with Gasteiger partial charge in [0, 0.05) is 12.2 Å². The van der Waals surface area contributed by atoms with E-state index in [0.29, 0.717) is 25.4 Å². The van der Waals surface area contributed by atoms with Crippen LogP contribution in [-0.2, 0) is 27.3 Å². The molecule has 0 spiro atoms. The quantitative estimate of drug-likeness (QED) is 0.799. The molecule has 2 aromatic rings. The summed E-state index contributed by atoms with van der Waals surface area (Å²) in [5.41, 5.74) is 3.64. The van der Waals surface area contributed by atoms with Crippen LogP contribution in [0.4, 0.5) is 10.5 Å². The summed E-state index contributed by atoms with van der Waals surface area (Å²) in [6, 6.07) is 14.9. The van der Waals surface area contributed by atoms with E-state index in [0.717, 1.165) is 24.0 Å². The first-order valence-electron chi connectivity index (χ1n) is 9.30. The molecule has 3 amide bonds. The lowest BCUT2D eigenvalue weighted by atomic mass is 10.1. The Labute approximate surface area is 162 Å². The molecule has 7 nitrogen and oxygen atoms in total. The summed E-state index contributed by atoms with van der Waals surface area (Å²) < 4.78 is 4.92. The molecule has 0 aromatic heterocycles. The molecule has 0 unspecified atom stereocenters. The topological polar surface area (TPSA) is 87.7 Å². The molecule has 1 aliphatic carbocycles. The van der Waals surface area contributed by atoms with Gasteiger partial charge in [-0.2, -0.15) is 0 Å². The fourth-order valence-electron chi connectivity index (χ4n) is 3.66. The number of aryl methyl sites for hydroxylation is 1. The van der Waals surface area contributed by atoms with Crippen molar-refractivity contribution in [3.8, 4) is 0 Å². The van der Waals surface area contributed by atoms with E-state index >= 15 is 0 Å². The Morgan fingerprint density at radius 1 is 1.11 bits per heavy atom. The van der Waals surface area contributed by atoms with Crippen molar-refractivity contribution >= 4 is 23.6 Å². The molecule has 2 aromatic carbocycles. The van der Waals surface area contributed by atoms with Crippen LogP contribution in [-0.4, -0.2) is 36.0 Å². The SMILES string of the molecule is O=C(Nc1cccc(CN2CCOC2=O)c1)C(=O)N[C@@H]1CCc2ccccc21. The largest absolute Gasteiger partial charge is 0.448 e. The third kappa shape index (κ3) is 3.83. The number of hydrogen-bond acceptors (Lipinski definition) is 4. The fraction of sp³-hybridized carbons (Fsp3) is 0.286. The van der Waals surface area contributed by atoms with E-state index in [2.05, 4.69) is 10.6 Å². The Bertz CT molecular complexity index is 927. The lowest BCUT2D eigenvalue weighted by molar-refractivity contribution is -0.136. The van der Waals surface area contributed by atoms with Crippen molar-refractivity contribution in [2.45, 2.75) is 25.4 Å². The monoisotopic (exact) mass is 379 g/mol. The highest BCUT2D eigenvalue weighted by Gasteiger charge is 2.26. The molecule has 1 heterocycles. The molecule has 28 heavy (non-hydrogen) atoms. The van der Waals surface area contributed by atoms with Crippen LogP contribution in [0.2, 0.25) is 0 Å². The number of hydrogen-bond donors (Lipinski definition) is 2. The Morgan fingerprint density at radius 2 is 1.96 bits per heavy atom. The van der Waals surface area contributed by atoms with E-state index < -0.39 is 11.8 Å². The molecule has 1 fully saturated rings. The second-order valence-corrected chi connectivity index (χ2v) is 6.95. The van der Waals surface area contributed by atoms with Crippen LogP contribution in [0.3, 0.4) is 0 Å². The molecular formula is C21H21N3O4. The molecule has 144 valence electrons. The average molecular weight is 379 g/mol. The number of rotatable bonds is 4. The Hall–Kier alpha value is -3.35. The predicted molar refractivity (Wildman–Crippen MR) is 102 cm³/mol. The molecule has 2 N–H and O–H groups in total. The van der Waals surface area contributed by atoms with Gasteiger partial charge in [-0.3, -0.25) is 9.59 Å². The van der Waals surface area contributed by atoms with E-state index in [1.54, 1.807) is 23.1 Å². The highest BCUT2D eigenvalue weighted by molar-refractivity contribution is 6.39. The highest BCUT2D eigenvalue weighted by Crippen LogP contribution is 2.30. The summed E-state index contributed by atoms with van der Waals surface area (Å²) in [5.74, 6) is -1.36. The van der Waals surface area contributed by atoms with Gasteiger partial charge in [-0.25, -0.2) is 4.79 Å². The van der Waals surface area contributed by atoms with Gasteiger partial charge in [-0.15, -0.1) is 0 Å². The van der Waals surface area contributed by atoms with E-state index in [1.165, 1.54) is 5.56 Å². The zero-order valence-electron chi connectivity index (χ0n) is 15.3. The van der Waals surface area contributed by atoms with E-state index in [-0.39, 0.29) is 12.1 Å². The zero-order valence-corrected chi connectivity index (χ0v) is 15.3. The number of nitrogens with one attached hydrogen (secondary N) is 2. The van der Waals surface area contributed by atoms with Gasteiger partial charge in [0.15, 0.2) is 0 Å². The molecular weight excluding hydrogens is 358 g/mol. The van der Waals surface area contributed by atoms with E-state index in [9.17, 15) is 14.4 Å². The summed E-state index contributed by atoms with van der Waals surface area (Å²) in [6.07, 6.45) is 1.34. The molecule has 2 aliphatic rings. The summed E-state index contributed by atoms with van der Waals surface area (Å²) >= 11 is 0. The van der Waals surface area contributed by atoms with Crippen molar-refractivity contribution in [3.63, 3.8) is 0 Å². The number of amides is 3. The number of anilines is 1. The number of nitrogens with zero attached hydrogens (tertiary/aromatic N) is 1. The molecule has 1 atom stereocenters. The Kier molecular flexibility index (Phi) is 4.97. The smallest absolute Gasteiger partial charge is 0.410 e. The minimum Gasteiger partial charge on any atom is -0.448 e. The second kappa shape index (κ2) is 7.72. The number of cyclic esters (lactones) is 1. The molecule has 7 heteroatoms. The first-order valence-corrected chi connectivity index (χ1v) is 9.30. The molecule has 4 rings (SSSR count). The lowest BCUT2D eigenvalue weighted by Gasteiger charge is -2.15. The van der Waals surface area contributed by atoms with E-state index in [4.69, 9.17) is 4.74 Å². The summed E-state index contributed by atoms with van der Waals surface area (Å²) in [5, 5.41) is 5.44. The molecule has 0 saturated carbocycles.